The van der Waals surface area contributed by atoms with Gasteiger partial charge >= 0.3 is 0 Å². The molecule has 0 radical (unpaired) electrons. The number of aryl methyl sites for hydroxylation is 2. The lowest BCUT2D eigenvalue weighted by molar-refractivity contribution is 0.559. The number of hydrogen-bond donors (Lipinski definition) is 1. The van der Waals surface area contributed by atoms with Gasteiger partial charge in [0.1, 0.15) is 0 Å². The summed E-state index contributed by atoms with van der Waals surface area (Å²) in [5.74, 6) is 0. The van der Waals surface area contributed by atoms with Crippen LogP contribution < -0.4 is 5.73 Å². The van der Waals surface area contributed by atoms with Crippen molar-refractivity contribution in [2.24, 2.45) is 0 Å². The first kappa shape index (κ1) is 15.1. The molecule has 0 spiro atoms. The molecule has 22 heavy (non-hydrogen) atoms. The molecule has 0 unspecified atom stereocenters. The largest absolute Gasteiger partial charge is 0.398 e. The Bertz CT molecular complexity index is 758. The van der Waals surface area contributed by atoms with Crippen LogP contribution in [0.15, 0.2) is 69.4 Å². The van der Waals surface area contributed by atoms with E-state index in [1.54, 1.807) is 0 Å². The number of anilines is 1. The Hall–Kier alpha value is -1.79. The van der Waals surface area contributed by atoms with Crippen LogP contribution in [0.25, 0.3) is 0 Å². The summed E-state index contributed by atoms with van der Waals surface area (Å²) in [5.41, 5.74) is 8.03. The van der Waals surface area contributed by atoms with E-state index < -0.39 is 0 Å². The van der Waals surface area contributed by atoms with Gasteiger partial charge in [0.2, 0.25) is 4.73 Å². The summed E-state index contributed by atoms with van der Waals surface area (Å²) in [4.78, 5) is 5.42. The first-order chi connectivity index (χ1) is 10.7. The third-order valence-corrected chi connectivity index (χ3v) is 4.60. The van der Waals surface area contributed by atoms with Crippen LogP contribution in [-0.2, 0) is 13.0 Å². The highest BCUT2D eigenvalue weighted by atomic mass is 79.9. The Kier molecular flexibility index (Phi) is 4.80. The molecule has 0 aliphatic rings. The fraction of sp³-hybridized carbons (Fsp3) is 0.125. The molecule has 0 amide bonds. The summed E-state index contributed by atoms with van der Waals surface area (Å²) in [6.07, 6.45) is 0.911. The SMILES string of the molecule is Nc1ccccc1Sc1nc(Br)nn1CCc1ccccc1. The van der Waals surface area contributed by atoms with Crippen LogP contribution in [-0.4, -0.2) is 14.8 Å². The minimum Gasteiger partial charge on any atom is -0.398 e. The van der Waals surface area contributed by atoms with Gasteiger partial charge in [-0.2, -0.15) is 4.98 Å². The predicted octanol–water partition coefficient (Wildman–Crippen LogP) is 4.02. The first-order valence-corrected chi connectivity index (χ1v) is 8.50. The molecule has 3 rings (SSSR count). The maximum Gasteiger partial charge on any atom is 0.218 e. The van der Waals surface area contributed by atoms with Crippen molar-refractivity contribution in [3.8, 4) is 0 Å². The van der Waals surface area contributed by atoms with Gasteiger partial charge in [0.15, 0.2) is 5.16 Å². The average Bonchev–Trinajstić information content (AvgIpc) is 2.88. The van der Waals surface area contributed by atoms with E-state index in [9.17, 15) is 0 Å². The van der Waals surface area contributed by atoms with Crippen molar-refractivity contribution in [3.05, 3.63) is 64.9 Å². The number of aromatic nitrogens is 3. The van der Waals surface area contributed by atoms with Crippen molar-refractivity contribution < 1.29 is 0 Å². The van der Waals surface area contributed by atoms with E-state index in [4.69, 9.17) is 5.73 Å². The number of nitrogens with zero attached hydrogens (tertiary/aromatic N) is 3. The van der Waals surface area contributed by atoms with Crippen molar-refractivity contribution in [1.82, 2.24) is 14.8 Å². The number of rotatable bonds is 5. The van der Waals surface area contributed by atoms with Gasteiger partial charge in [-0.25, -0.2) is 4.68 Å². The third-order valence-electron chi connectivity index (χ3n) is 3.19. The fourth-order valence-corrected chi connectivity index (χ4v) is 3.45. The Labute approximate surface area is 141 Å². The second-order valence-electron chi connectivity index (χ2n) is 4.76. The van der Waals surface area contributed by atoms with Gasteiger partial charge in [0, 0.05) is 17.1 Å². The minimum atomic E-state index is 0.595. The van der Waals surface area contributed by atoms with Crippen LogP contribution in [0.5, 0.6) is 0 Å². The number of nitrogen functional groups attached to an aromatic ring is 1. The minimum absolute atomic E-state index is 0.595. The molecule has 0 fully saturated rings. The summed E-state index contributed by atoms with van der Waals surface area (Å²) in [6.45, 7) is 0.775. The normalized spacial score (nSPS) is 10.8. The second kappa shape index (κ2) is 6.98. The van der Waals surface area contributed by atoms with Crippen molar-refractivity contribution >= 4 is 33.4 Å². The second-order valence-corrected chi connectivity index (χ2v) is 6.48. The van der Waals surface area contributed by atoms with Gasteiger partial charge in [-0.15, -0.1) is 5.10 Å². The van der Waals surface area contributed by atoms with E-state index in [0.29, 0.717) is 4.73 Å². The summed E-state index contributed by atoms with van der Waals surface area (Å²) in [7, 11) is 0. The Balaban J connectivity index is 1.77. The maximum atomic E-state index is 6.00. The van der Waals surface area contributed by atoms with Gasteiger partial charge in [0.25, 0.3) is 0 Å². The van der Waals surface area contributed by atoms with Crippen molar-refractivity contribution in [2.75, 3.05) is 5.73 Å². The molecule has 2 N–H and O–H groups in total. The molecule has 2 aromatic carbocycles. The quantitative estimate of drug-likeness (QED) is 0.685. The molecule has 1 aromatic heterocycles. The van der Waals surface area contributed by atoms with E-state index in [1.165, 1.54) is 17.3 Å². The molecule has 0 bridgehead atoms. The number of halogens is 1. The number of nitrogens with two attached hydrogens (primary N) is 1. The number of hydrogen-bond acceptors (Lipinski definition) is 4. The maximum absolute atomic E-state index is 6.00. The van der Waals surface area contributed by atoms with Gasteiger partial charge in [-0.05, 0) is 51.8 Å². The molecule has 3 aromatic rings. The standard InChI is InChI=1S/C16H15BrN4S/c17-15-19-16(22-14-9-5-4-8-13(14)18)21(20-15)11-10-12-6-2-1-3-7-12/h1-9H,10-11,18H2. The van der Waals surface area contributed by atoms with Crippen LogP contribution in [0.4, 0.5) is 5.69 Å². The van der Waals surface area contributed by atoms with Gasteiger partial charge in [-0.1, -0.05) is 42.5 Å². The summed E-state index contributed by atoms with van der Waals surface area (Å²) in [6, 6.07) is 18.1. The Morgan fingerprint density at radius 1 is 1.05 bits per heavy atom. The van der Waals surface area contributed by atoms with Gasteiger partial charge in [-0.3, -0.25) is 0 Å². The molecule has 4 nitrogen and oxygen atoms in total. The molecule has 1 heterocycles. The molecule has 0 aliphatic carbocycles. The lowest BCUT2D eigenvalue weighted by Crippen LogP contribution is -2.05. The molecular weight excluding hydrogens is 360 g/mol. The number of benzene rings is 2. The zero-order valence-corrected chi connectivity index (χ0v) is 14.2. The average molecular weight is 375 g/mol. The number of para-hydroxylation sites is 1. The van der Waals surface area contributed by atoms with E-state index in [1.807, 2.05) is 47.1 Å². The monoisotopic (exact) mass is 374 g/mol. The smallest absolute Gasteiger partial charge is 0.218 e. The zero-order valence-electron chi connectivity index (χ0n) is 11.8. The Morgan fingerprint density at radius 2 is 1.77 bits per heavy atom. The van der Waals surface area contributed by atoms with Crippen LogP contribution in [0.2, 0.25) is 0 Å². The molecule has 0 saturated heterocycles. The highest BCUT2D eigenvalue weighted by molar-refractivity contribution is 9.10. The topological polar surface area (TPSA) is 56.7 Å². The van der Waals surface area contributed by atoms with Crippen molar-refractivity contribution in [3.63, 3.8) is 0 Å². The van der Waals surface area contributed by atoms with Crippen molar-refractivity contribution in [2.45, 2.75) is 23.0 Å². The molecular formula is C16H15BrN4S. The van der Waals surface area contributed by atoms with Crippen LogP contribution in [0.3, 0.4) is 0 Å². The molecule has 0 saturated carbocycles. The predicted molar refractivity (Wildman–Crippen MR) is 92.8 cm³/mol. The first-order valence-electron chi connectivity index (χ1n) is 6.89. The summed E-state index contributed by atoms with van der Waals surface area (Å²) in [5, 5.41) is 5.25. The zero-order chi connectivity index (χ0) is 15.4. The molecule has 0 atom stereocenters. The van der Waals surface area contributed by atoms with E-state index in [-0.39, 0.29) is 0 Å². The van der Waals surface area contributed by atoms with Gasteiger partial charge < -0.3 is 5.73 Å². The third kappa shape index (κ3) is 3.69. The lowest BCUT2D eigenvalue weighted by Gasteiger charge is -2.07. The van der Waals surface area contributed by atoms with Crippen molar-refractivity contribution in [1.29, 1.82) is 0 Å². The fourth-order valence-electron chi connectivity index (χ4n) is 2.07. The van der Waals surface area contributed by atoms with E-state index in [2.05, 4.69) is 38.1 Å². The van der Waals surface area contributed by atoms with Crippen LogP contribution >= 0.6 is 27.7 Å². The molecule has 112 valence electrons. The Morgan fingerprint density at radius 3 is 2.55 bits per heavy atom. The molecule has 6 heteroatoms. The van der Waals surface area contributed by atoms with E-state index >= 15 is 0 Å². The van der Waals surface area contributed by atoms with Crippen LogP contribution in [0, 0.1) is 0 Å². The van der Waals surface area contributed by atoms with Crippen LogP contribution in [0.1, 0.15) is 5.56 Å². The van der Waals surface area contributed by atoms with Gasteiger partial charge in [0.05, 0.1) is 0 Å². The lowest BCUT2D eigenvalue weighted by atomic mass is 10.2. The summed E-state index contributed by atoms with van der Waals surface area (Å²) < 4.78 is 2.51. The molecule has 0 aliphatic heterocycles. The van der Waals surface area contributed by atoms with E-state index in [0.717, 1.165) is 28.7 Å². The highest BCUT2D eigenvalue weighted by Crippen LogP contribution is 2.31. The highest BCUT2D eigenvalue weighted by Gasteiger charge is 2.11. The summed E-state index contributed by atoms with van der Waals surface area (Å²) >= 11 is 4.88.